The molecule has 0 spiro atoms. The van der Waals surface area contributed by atoms with Crippen molar-refractivity contribution in [3.63, 3.8) is 0 Å². The first-order chi connectivity index (χ1) is 13.7. The number of carboxylic acid groups (broad SMARTS) is 1. The van der Waals surface area contributed by atoms with Crippen LogP contribution in [0.5, 0.6) is 0 Å². The third-order valence-corrected chi connectivity index (χ3v) is 4.15. The summed E-state index contributed by atoms with van der Waals surface area (Å²) in [6.07, 6.45) is 28.3. The molecule has 1 N–H and O–H groups in total. The molecule has 0 saturated heterocycles. The Morgan fingerprint density at radius 3 is 1.43 bits per heavy atom. The van der Waals surface area contributed by atoms with Crippen molar-refractivity contribution in [2.45, 2.75) is 83.5 Å². The summed E-state index contributed by atoms with van der Waals surface area (Å²) in [6.45, 7) is 3.88. The second-order valence-corrected chi connectivity index (χ2v) is 6.81. The van der Waals surface area contributed by atoms with Crippen molar-refractivity contribution < 1.29 is 125 Å². The number of unbranched alkanes of at least 4 members (excludes halogenated alkanes) is 9. The topological polar surface area (TPSA) is 63.6 Å². The maximum atomic E-state index is 11.0. The van der Waals surface area contributed by atoms with Gasteiger partial charge in [-0.1, -0.05) is 42.5 Å². The zero-order valence-electron chi connectivity index (χ0n) is 21.3. The number of hydrogen-bond donors (Lipinski definition) is 1. The summed E-state index contributed by atoms with van der Waals surface area (Å²) < 4.78 is 4.76. The van der Waals surface area contributed by atoms with Gasteiger partial charge in [0, 0.05) is 0 Å². The molecular formula is C24H40K2O4. The van der Waals surface area contributed by atoms with E-state index in [4.69, 9.17) is 9.84 Å². The van der Waals surface area contributed by atoms with Crippen molar-refractivity contribution in [2.24, 2.45) is 0 Å². The Labute approximate surface area is 271 Å². The van der Waals surface area contributed by atoms with Gasteiger partial charge in [0.1, 0.15) is 13.0 Å². The number of ether oxygens (including phenoxy) is 1. The van der Waals surface area contributed by atoms with Gasteiger partial charge in [-0.05, 0) is 77.0 Å². The number of esters is 1. The molecule has 0 radical (unpaired) electrons. The van der Waals surface area contributed by atoms with Gasteiger partial charge in [0.25, 0.3) is 0 Å². The maximum absolute atomic E-state index is 11.0. The van der Waals surface area contributed by atoms with Crippen molar-refractivity contribution in [3.05, 3.63) is 49.1 Å². The summed E-state index contributed by atoms with van der Waals surface area (Å²) in [5, 5.41) is 8.42. The minimum absolute atomic E-state index is 0. The normalized spacial score (nSPS) is 10.8. The fourth-order valence-corrected chi connectivity index (χ4v) is 2.57. The fraction of sp³-hybridized carbons (Fsp3) is 0.583. The molecule has 0 aromatic carbocycles. The first kappa shape index (κ1) is 35.8. The number of allylic oxidation sites excluding steroid dienone is 6. The molecule has 0 atom stereocenters. The molecule has 0 bridgehead atoms. The summed E-state index contributed by atoms with van der Waals surface area (Å²) in [4.78, 5) is 21.3. The van der Waals surface area contributed by atoms with E-state index in [1.54, 1.807) is 6.08 Å². The van der Waals surface area contributed by atoms with Crippen LogP contribution in [0.2, 0.25) is 0 Å². The molecule has 0 fully saturated rings. The van der Waals surface area contributed by atoms with Crippen LogP contribution in [0.25, 0.3) is 0 Å². The minimum atomic E-state index is -1.16. The van der Waals surface area contributed by atoms with Crippen LogP contribution in [0.15, 0.2) is 49.1 Å². The standard InChI is InChI=1S/C24H38O4.2K.2H/c1-2-3-4-5-6-7-8-9-10-11-12-13-14-15-16-17-18-19-20-21-28-24(27)22-23(25)26;;;;/h2,7-8,13-14,19-20H,1,3-6,9-12,15-18,21-22H2,(H,25,26);;;;/q;2*+1;2*-1. The van der Waals surface area contributed by atoms with Gasteiger partial charge in [0.2, 0.25) is 0 Å². The molecule has 0 aliphatic heterocycles. The Kier molecular flexibility index (Phi) is 36.0. The van der Waals surface area contributed by atoms with Crippen LogP contribution in [0, 0.1) is 0 Å². The Morgan fingerprint density at radius 2 is 1.07 bits per heavy atom. The number of hydrogen-bond acceptors (Lipinski definition) is 3. The Bertz CT molecular complexity index is 510. The van der Waals surface area contributed by atoms with Crippen LogP contribution in [0.1, 0.15) is 86.3 Å². The van der Waals surface area contributed by atoms with Crippen LogP contribution in [-0.4, -0.2) is 23.7 Å². The zero-order chi connectivity index (χ0) is 20.7. The van der Waals surface area contributed by atoms with E-state index in [-0.39, 0.29) is 112 Å². The predicted molar refractivity (Wildman–Crippen MR) is 118 cm³/mol. The van der Waals surface area contributed by atoms with E-state index in [1.807, 2.05) is 12.2 Å². The van der Waals surface area contributed by atoms with Crippen molar-refractivity contribution in [3.8, 4) is 0 Å². The van der Waals surface area contributed by atoms with E-state index in [0.29, 0.717) is 0 Å². The van der Waals surface area contributed by atoms with Crippen LogP contribution in [0.4, 0.5) is 0 Å². The molecular weight excluding hydrogens is 430 g/mol. The Balaban J connectivity index is -0.000000607. The van der Waals surface area contributed by atoms with Gasteiger partial charge in [-0.25, -0.2) is 0 Å². The Hall–Kier alpha value is 1.17. The predicted octanol–water partition coefficient (Wildman–Crippen LogP) is 0.773. The second-order valence-electron chi connectivity index (χ2n) is 6.81. The van der Waals surface area contributed by atoms with Crippen molar-refractivity contribution >= 4 is 11.9 Å². The third-order valence-electron chi connectivity index (χ3n) is 4.15. The van der Waals surface area contributed by atoms with Gasteiger partial charge < -0.3 is 12.7 Å². The molecule has 0 aliphatic rings. The van der Waals surface area contributed by atoms with Gasteiger partial charge in [-0.2, -0.15) is 0 Å². The smallest absolute Gasteiger partial charge is 1.00 e. The largest absolute Gasteiger partial charge is 1.00 e. The molecule has 0 saturated carbocycles. The maximum Gasteiger partial charge on any atom is 1.00 e. The molecule has 0 unspecified atom stereocenters. The van der Waals surface area contributed by atoms with Crippen LogP contribution >= 0.6 is 0 Å². The molecule has 0 amide bonds. The third kappa shape index (κ3) is 31.4. The first-order valence-corrected chi connectivity index (χ1v) is 10.6. The van der Waals surface area contributed by atoms with Gasteiger partial charge in [-0.15, -0.1) is 6.58 Å². The fourth-order valence-electron chi connectivity index (χ4n) is 2.57. The van der Waals surface area contributed by atoms with E-state index >= 15 is 0 Å². The van der Waals surface area contributed by atoms with Gasteiger partial charge in [0.05, 0.1) is 0 Å². The number of carbonyl (C=O) groups excluding carboxylic acids is 1. The molecule has 6 heteroatoms. The quantitative estimate of drug-likeness (QED) is 0.0996. The zero-order valence-corrected chi connectivity index (χ0v) is 25.6. The molecule has 0 aromatic rings. The average molecular weight is 471 g/mol. The molecule has 0 aliphatic carbocycles. The summed E-state index contributed by atoms with van der Waals surface area (Å²) in [6, 6.07) is 0. The van der Waals surface area contributed by atoms with E-state index in [9.17, 15) is 9.59 Å². The van der Waals surface area contributed by atoms with E-state index in [1.165, 1.54) is 38.5 Å². The van der Waals surface area contributed by atoms with Gasteiger partial charge in [0.15, 0.2) is 0 Å². The average Bonchev–Trinajstić information content (AvgIpc) is 2.66. The molecule has 0 aromatic heterocycles. The SMILES string of the molecule is C=CCCCCC=CCCCCC=CCCCCC=CCOC(=O)CC(=O)O.[H-].[H-].[K+].[K+]. The monoisotopic (exact) mass is 470 g/mol. The molecule has 4 nitrogen and oxygen atoms in total. The van der Waals surface area contributed by atoms with Crippen LogP contribution < -0.4 is 103 Å². The van der Waals surface area contributed by atoms with Crippen molar-refractivity contribution in [1.29, 1.82) is 0 Å². The molecule has 0 rings (SSSR count). The number of rotatable bonds is 19. The van der Waals surface area contributed by atoms with E-state index < -0.39 is 18.4 Å². The first-order valence-electron chi connectivity index (χ1n) is 10.6. The molecule has 30 heavy (non-hydrogen) atoms. The van der Waals surface area contributed by atoms with E-state index in [2.05, 4.69) is 30.9 Å². The second kappa shape index (κ2) is 30.2. The van der Waals surface area contributed by atoms with Crippen molar-refractivity contribution in [2.75, 3.05) is 6.61 Å². The summed E-state index contributed by atoms with van der Waals surface area (Å²) >= 11 is 0. The summed E-state index contributed by atoms with van der Waals surface area (Å²) in [5.74, 6) is -1.86. The minimum Gasteiger partial charge on any atom is -1.00 e. The van der Waals surface area contributed by atoms with Gasteiger partial charge in [-0.3, -0.25) is 9.59 Å². The van der Waals surface area contributed by atoms with Crippen LogP contribution in [0.3, 0.4) is 0 Å². The Morgan fingerprint density at radius 1 is 0.700 bits per heavy atom. The summed E-state index contributed by atoms with van der Waals surface area (Å²) in [7, 11) is 0. The molecule has 162 valence electrons. The number of carbonyl (C=O) groups is 2. The van der Waals surface area contributed by atoms with E-state index in [0.717, 1.165) is 38.5 Å². The number of carboxylic acids is 1. The molecule has 0 heterocycles. The number of aliphatic carboxylic acids is 1. The van der Waals surface area contributed by atoms with Crippen LogP contribution in [-0.2, 0) is 14.3 Å². The summed E-state index contributed by atoms with van der Waals surface area (Å²) in [5.41, 5.74) is 0. The van der Waals surface area contributed by atoms with Crippen molar-refractivity contribution in [1.82, 2.24) is 0 Å². The van der Waals surface area contributed by atoms with Gasteiger partial charge >= 0.3 is 115 Å².